The maximum atomic E-state index is 12.9. The summed E-state index contributed by atoms with van der Waals surface area (Å²) < 4.78 is 16.9. The van der Waals surface area contributed by atoms with Crippen LogP contribution in [0.3, 0.4) is 0 Å². The Morgan fingerprint density at radius 1 is 0.266 bits per heavy atom. The zero-order valence-electron chi connectivity index (χ0n) is 52.4. The van der Waals surface area contributed by atoms with Crippen LogP contribution in [0.15, 0.2) is 85.1 Å². The van der Waals surface area contributed by atoms with Gasteiger partial charge in [-0.25, -0.2) is 0 Å². The second-order valence-corrected chi connectivity index (χ2v) is 22.7. The highest BCUT2D eigenvalue weighted by Gasteiger charge is 2.19. The van der Waals surface area contributed by atoms with Gasteiger partial charge in [-0.1, -0.05) is 298 Å². The first kappa shape index (κ1) is 75.6. The molecule has 0 saturated carbocycles. The highest BCUT2D eigenvalue weighted by atomic mass is 16.6. The van der Waals surface area contributed by atoms with E-state index in [1.165, 1.54) is 193 Å². The minimum Gasteiger partial charge on any atom is -0.462 e. The SMILES string of the molecule is CC/C=C\C/C=C\C/C=C\C/C=C\CCCCCCCCCCCCCCCCCCC(=O)OCC(COC(=O)CCCCCCC/C=C\C/C=C\CCC)OC(=O)CCCCCCCCCCC/C=C\CCCCCCCC. The molecule has 79 heavy (non-hydrogen) atoms. The van der Waals surface area contributed by atoms with Crippen molar-refractivity contribution in [3.63, 3.8) is 0 Å². The Kier molecular flexibility index (Phi) is 64.2. The van der Waals surface area contributed by atoms with E-state index in [-0.39, 0.29) is 31.1 Å². The van der Waals surface area contributed by atoms with Gasteiger partial charge in [-0.2, -0.15) is 0 Å². The molecule has 0 amide bonds. The summed E-state index contributed by atoms with van der Waals surface area (Å²) in [5, 5.41) is 0. The van der Waals surface area contributed by atoms with Crippen LogP contribution in [0.25, 0.3) is 0 Å². The van der Waals surface area contributed by atoms with Crippen molar-refractivity contribution >= 4 is 17.9 Å². The van der Waals surface area contributed by atoms with E-state index in [4.69, 9.17) is 14.2 Å². The van der Waals surface area contributed by atoms with Gasteiger partial charge in [-0.05, 0) is 109 Å². The van der Waals surface area contributed by atoms with Crippen LogP contribution in [0, 0.1) is 0 Å². The third-order valence-corrected chi connectivity index (χ3v) is 14.8. The molecular weight excluding hydrogens is 973 g/mol. The lowest BCUT2D eigenvalue weighted by Crippen LogP contribution is -2.30. The molecule has 0 radical (unpaired) electrons. The third kappa shape index (κ3) is 65.3. The number of ether oxygens (including phenoxy) is 3. The van der Waals surface area contributed by atoms with E-state index in [2.05, 4.69) is 106 Å². The van der Waals surface area contributed by atoms with Gasteiger partial charge >= 0.3 is 17.9 Å². The van der Waals surface area contributed by atoms with Gasteiger partial charge in [-0.3, -0.25) is 14.4 Å². The van der Waals surface area contributed by atoms with Crippen molar-refractivity contribution in [3.05, 3.63) is 85.1 Å². The van der Waals surface area contributed by atoms with Crippen LogP contribution < -0.4 is 0 Å². The molecule has 0 aliphatic heterocycles. The molecule has 0 spiro atoms. The highest BCUT2D eigenvalue weighted by Crippen LogP contribution is 2.17. The lowest BCUT2D eigenvalue weighted by molar-refractivity contribution is -0.167. The predicted octanol–water partition coefficient (Wildman–Crippen LogP) is 23.4. The van der Waals surface area contributed by atoms with Crippen LogP contribution in [0.2, 0.25) is 0 Å². The molecule has 1 unspecified atom stereocenters. The minimum atomic E-state index is -0.783. The molecule has 0 bridgehead atoms. The molecule has 6 heteroatoms. The largest absolute Gasteiger partial charge is 0.462 e. The van der Waals surface area contributed by atoms with Crippen LogP contribution >= 0.6 is 0 Å². The maximum Gasteiger partial charge on any atom is 0.306 e. The van der Waals surface area contributed by atoms with Crippen molar-refractivity contribution in [2.45, 2.75) is 348 Å². The van der Waals surface area contributed by atoms with Gasteiger partial charge in [0.25, 0.3) is 0 Å². The van der Waals surface area contributed by atoms with Crippen molar-refractivity contribution in [1.82, 2.24) is 0 Å². The maximum absolute atomic E-state index is 12.9. The van der Waals surface area contributed by atoms with Gasteiger partial charge in [0.2, 0.25) is 0 Å². The van der Waals surface area contributed by atoms with E-state index in [9.17, 15) is 14.4 Å². The monoisotopic (exact) mass is 1100 g/mol. The lowest BCUT2D eigenvalue weighted by Gasteiger charge is -2.18. The number of esters is 3. The van der Waals surface area contributed by atoms with Gasteiger partial charge in [0.15, 0.2) is 6.10 Å². The Labute approximate surface area is 490 Å². The molecule has 0 aromatic carbocycles. The fraction of sp³-hybridized carbons (Fsp3) is 0.767. The van der Waals surface area contributed by atoms with Crippen molar-refractivity contribution < 1.29 is 28.6 Å². The molecule has 1 atom stereocenters. The summed E-state index contributed by atoms with van der Waals surface area (Å²) >= 11 is 0. The fourth-order valence-corrected chi connectivity index (χ4v) is 9.76. The number of rotatable bonds is 62. The summed E-state index contributed by atoms with van der Waals surface area (Å²) in [5.41, 5.74) is 0. The molecule has 456 valence electrons. The zero-order valence-corrected chi connectivity index (χ0v) is 52.4. The molecule has 0 aliphatic rings. The van der Waals surface area contributed by atoms with Gasteiger partial charge in [0.1, 0.15) is 13.2 Å². The lowest BCUT2D eigenvalue weighted by atomic mass is 10.0. The number of unbranched alkanes of at least 4 members (excludes halogenated alkanes) is 37. The van der Waals surface area contributed by atoms with Crippen LogP contribution in [0.1, 0.15) is 342 Å². The van der Waals surface area contributed by atoms with Gasteiger partial charge in [0, 0.05) is 19.3 Å². The summed E-state index contributed by atoms with van der Waals surface area (Å²) in [6.45, 7) is 6.49. The van der Waals surface area contributed by atoms with Crippen molar-refractivity contribution in [2.75, 3.05) is 13.2 Å². The molecule has 0 aromatic rings. The number of allylic oxidation sites excluding steroid dienone is 14. The standard InChI is InChI=1S/C73H128O6/c1-4-7-10-13-16-19-22-25-27-29-31-32-33-34-35-36-37-38-39-40-42-43-45-48-51-54-57-60-63-66-72(75)78-69-70(68-77-71(74)65-62-59-56-53-50-47-24-21-18-15-12-9-6-3)79-73(76)67-64-61-58-55-52-49-46-44-41-30-28-26-23-20-17-14-11-8-5-2/h7,10,12,15-16,19,21,24-28,31-32,70H,4-6,8-9,11,13-14,17-18,20,22-23,29-30,33-69H2,1-3H3/b10-7-,15-12-,19-16-,24-21-,27-25-,28-26-,32-31-. The van der Waals surface area contributed by atoms with Crippen molar-refractivity contribution in [3.8, 4) is 0 Å². The zero-order chi connectivity index (χ0) is 57.1. The van der Waals surface area contributed by atoms with E-state index >= 15 is 0 Å². The smallest absolute Gasteiger partial charge is 0.306 e. The van der Waals surface area contributed by atoms with Crippen LogP contribution in [-0.2, 0) is 28.6 Å². The fourth-order valence-electron chi connectivity index (χ4n) is 9.76. The van der Waals surface area contributed by atoms with Crippen molar-refractivity contribution in [1.29, 1.82) is 0 Å². The number of hydrogen-bond donors (Lipinski definition) is 0. The molecule has 0 saturated heterocycles. The third-order valence-electron chi connectivity index (χ3n) is 14.8. The summed E-state index contributed by atoms with van der Waals surface area (Å²) in [6.07, 6.45) is 88.9. The van der Waals surface area contributed by atoms with Gasteiger partial charge in [0.05, 0.1) is 0 Å². The average molecular weight is 1100 g/mol. The molecule has 0 rings (SSSR count). The molecule has 0 heterocycles. The Morgan fingerprint density at radius 2 is 0.519 bits per heavy atom. The van der Waals surface area contributed by atoms with Crippen LogP contribution in [0.4, 0.5) is 0 Å². The summed E-state index contributed by atoms with van der Waals surface area (Å²) in [5.74, 6) is -0.879. The van der Waals surface area contributed by atoms with Crippen LogP contribution in [-0.4, -0.2) is 37.2 Å². The quantitative estimate of drug-likeness (QED) is 0.0261. The topological polar surface area (TPSA) is 78.9 Å². The molecular formula is C73H128O6. The first-order chi connectivity index (χ1) is 39.0. The Morgan fingerprint density at radius 3 is 0.835 bits per heavy atom. The Hall–Kier alpha value is -3.41. The Bertz CT molecular complexity index is 1500. The summed E-state index contributed by atoms with van der Waals surface area (Å²) in [4.78, 5) is 38.4. The highest BCUT2D eigenvalue weighted by molar-refractivity contribution is 5.71. The number of carbonyl (C=O) groups excluding carboxylic acids is 3. The second-order valence-electron chi connectivity index (χ2n) is 22.7. The van der Waals surface area contributed by atoms with Crippen molar-refractivity contribution in [2.24, 2.45) is 0 Å². The minimum absolute atomic E-state index is 0.0788. The second kappa shape index (κ2) is 67.1. The molecule has 0 aliphatic carbocycles. The first-order valence-electron chi connectivity index (χ1n) is 34.1. The molecule has 0 fully saturated rings. The van der Waals surface area contributed by atoms with E-state index in [0.29, 0.717) is 19.3 Å². The summed E-state index contributed by atoms with van der Waals surface area (Å²) in [7, 11) is 0. The van der Waals surface area contributed by atoms with Crippen LogP contribution in [0.5, 0.6) is 0 Å². The number of hydrogen-bond acceptors (Lipinski definition) is 6. The Balaban J connectivity index is 4.23. The van der Waals surface area contributed by atoms with Gasteiger partial charge in [-0.15, -0.1) is 0 Å². The van der Waals surface area contributed by atoms with E-state index in [0.717, 1.165) is 109 Å². The van der Waals surface area contributed by atoms with E-state index in [1.54, 1.807) is 0 Å². The molecule has 0 N–H and O–H groups in total. The molecule has 6 nitrogen and oxygen atoms in total. The van der Waals surface area contributed by atoms with Gasteiger partial charge < -0.3 is 14.2 Å². The average Bonchev–Trinajstić information content (AvgIpc) is 3.45. The van der Waals surface area contributed by atoms with E-state index < -0.39 is 6.10 Å². The predicted molar refractivity (Wildman–Crippen MR) is 344 cm³/mol. The van der Waals surface area contributed by atoms with E-state index in [1.807, 2.05) is 0 Å². The first-order valence-corrected chi connectivity index (χ1v) is 34.1. The normalized spacial score (nSPS) is 12.6. The number of carbonyl (C=O) groups is 3. The summed E-state index contributed by atoms with van der Waals surface area (Å²) in [6, 6.07) is 0. The molecule has 0 aromatic heterocycles.